The van der Waals surface area contributed by atoms with Crippen molar-refractivity contribution in [3.63, 3.8) is 0 Å². The molecule has 1 saturated heterocycles. The normalized spacial score (nSPS) is 20.8. The van der Waals surface area contributed by atoms with E-state index >= 15 is 0 Å². The molecule has 8 nitrogen and oxygen atoms in total. The maximum atomic E-state index is 12.8. The highest BCUT2D eigenvalue weighted by Crippen LogP contribution is 2.18. The first-order valence-corrected chi connectivity index (χ1v) is 10.8. The lowest BCUT2D eigenvalue weighted by molar-refractivity contribution is -0.170. The summed E-state index contributed by atoms with van der Waals surface area (Å²) >= 11 is 5.80. The van der Waals surface area contributed by atoms with Gasteiger partial charge in [-0.15, -0.1) is 0 Å². The van der Waals surface area contributed by atoms with E-state index in [9.17, 15) is 18.0 Å². The fourth-order valence-electron chi connectivity index (χ4n) is 2.82. The lowest BCUT2D eigenvalue weighted by Crippen LogP contribution is -2.52. The number of carbonyl (C=O) groups excluding carboxylic acids is 2. The molecule has 1 heterocycles. The molecule has 0 aromatic heterocycles. The van der Waals surface area contributed by atoms with Crippen LogP contribution in [-0.2, 0) is 29.1 Å². The highest BCUT2D eigenvalue weighted by atomic mass is 35.5. The lowest BCUT2D eigenvalue weighted by Gasteiger charge is -2.24. The summed E-state index contributed by atoms with van der Waals surface area (Å²) in [6.07, 6.45) is -0.124. The summed E-state index contributed by atoms with van der Waals surface area (Å²) in [6, 6.07) is 4.15. The van der Waals surface area contributed by atoms with Crippen LogP contribution in [0, 0.1) is 5.92 Å². The Morgan fingerprint density at radius 1 is 1.29 bits per heavy atom. The van der Waals surface area contributed by atoms with E-state index in [1.54, 1.807) is 0 Å². The van der Waals surface area contributed by atoms with Gasteiger partial charge in [-0.2, -0.15) is 4.72 Å². The molecule has 2 N–H and O–H groups in total. The molecule has 0 bridgehead atoms. The van der Waals surface area contributed by atoms with Gasteiger partial charge >= 0.3 is 5.97 Å². The van der Waals surface area contributed by atoms with Gasteiger partial charge in [-0.25, -0.2) is 8.42 Å². The molecule has 1 aliphatic heterocycles. The third kappa shape index (κ3) is 6.44. The van der Waals surface area contributed by atoms with E-state index in [0.29, 0.717) is 24.5 Å². The van der Waals surface area contributed by atoms with Gasteiger partial charge in [-0.3, -0.25) is 9.59 Å². The standard InChI is InChI=1S/C18H25ClN2O6S/c1-11(2)10-16(21-28(24,25)14-6-4-13(19)5-7-14)17(23)20-15-8-9-26-18(15)27-12(3)22/h4-7,11,15-16,18,21H,8-10H2,1-3H3,(H,20,23)/t15-,16-,18-/m0/s1. The number of rotatable bonds is 8. The minimum Gasteiger partial charge on any atom is -0.434 e. The molecule has 1 amide bonds. The first-order chi connectivity index (χ1) is 13.1. The van der Waals surface area contributed by atoms with Crippen molar-refractivity contribution in [2.45, 2.75) is 56.9 Å². The molecule has 2 rings (SSSR count). The zero-order valence-electron chi connectivity index (χ0n) is 16.0. The Bertz CT molecular complexity index is 797. The number of hydrogen-bond acceptors (Lipinski definition) is 6. The van der Waals surface area contributed by atoms with Crippen LogP contribution in [-0.4, -0.2) is 45.3 Å². The second-order valence-electron chi connectivity index (χ2n) is 7.01. The molecule has 0 aliphatic carbocycles. The van der Waals surface area contributed by atoms with Crippen LogP contribution >= 0.6 is 11.6 Å². The summed E-state index contributed by atoms with van der Waals surface area (Å²) in [7, 11) is -3.92. The second kappa shape index (κ2) is 9.69. The van der Waals surface area contributed by atoms with E-state index in [2.05, 4.69) is 10.0 Å². The van der Waals surface area contributed by atoms with Crippen LogP contribution in [0.3, 0.4) is 0 Å². The average molecular weight is 433 g/mol. The Morgan fingerprint density at radius 2 is 1.93 bits per heavy atom. The van der Waals surface area contributed by atoms with E-state index in [-0.39, 0.29) is 10.8 Å². The summed E-state index contributed by atoms with van der Waals surface area (Å²) in [5, 5.41) is 3.14. The SMILES string of the molecule is CC(=O)O[C@@H]1OCC[C@@H]1NC(=O)[C@H](CC(C)C)NS(=O)(=O)c1ccc(Cl)cc1. The van der Waals surface area contributed by atoms with Gasteiger partial charge < -0.3 is 14.8 Å². The van der Waals surface area contributed by atoms with Crippen molar-refractivity contribution in [3.05, 3.63) is 29.3 Å². The predicted molar refractivity (Wildman–Crippen MR) is 103 cm³/mol. The predicted octanol–water partition coefficient (Wildman–Crippen LogP) is 1.83. The van der Waals surface area contributed by atoms with E-state index in [4.69, 9.17) is 21.1 Å². The van der Waals surface area contributed by atoms with Crippen molar-refractivity contribution in [1.82, 2.24) is 10.0 Å². The maximum Gasteiger partial charge on any atom is 0.305 e. The van der Waals surface area contributed by atoms with Crippen molar-refractivity contribution in [2.75, 3.05) is 6.61 Å². The largest absolute Gasteiger partial charge is 0.434 e. The summed E-state index contributed by atoms with van der Waals surface area (Å²) in [6.45, 7) is 5.35. The minimum absolute atomic E-state index is 0.0143. The van der Waals surface area contributed by atoms with Crippen LogP contribution < -0.4 is 10.0 Å². The van der Waals surface area contributed by atoms with E-state index < -0.39 is 40.3 Å². The number of sulfonamides is 1. The van der Waals surface area contributed by atoms with Gasteiger partial charge in [0.25, 0.3) is 0 Å². The number of nitrogens with one attached hydrogen (secondary N) is 2. The third-order valence-electron chi connectivity index (χ3n) is 4.09. The first-order valence-electron chi connectivity index (χ1n) is 8.95. The molecule has 156 valence electrons. The zero-order chi connectivity index (χ0) is 20.9. The van der Waals surface area contributed by atoms with Gasteiger partial charge in [-0.05, 0) is 43.0 Å². The van der Waals surface area contributed by atoms with Gasteiger partial charge in [0.1, 0.15) is 6.04 Å². The van der Waals surface area contributed by atoms with Crippen molar-refractivity contribution >= 4 is 33.5 Å². The molecule has 1 aliphatic rings. The van der Waals surface area contributed by atoms with Gasteiger partial charge in [-0.1, -0.05) is 25.4 Å². The molecule has 1 aromatic carbocycles. The van der Waals surface area contributed by atoms with E-state index in [1.807, 2.05) is 13.8 Å². The summed E-state index contributed by atoms with van der Waals surface area (Å²) in [5.74, 6) is -0.958. The first kappa shape index (κ1) is 22.6. The van der Waals surface area contributed by atoms with Crippen LogP contribution in [0.2, 0.25) is 5.02 Å². The minimum atomic E-state index is -3.92. The summed E-state index contributed by atoms with van der Waals surface area (Å²) < 4.78 is 38.1. The number of benzene rings is 1. The zero-order valence-corrected chi connectivity index (χ0v) is 17.5. The molecule has 1 fully saturated rings. The number of esters is 1. The molecule has 28 heavy (non-hydrogen) atoms. The Balaban J connectivity index is 2.12. The quantitative estimate of drug-likeness (QED) is 0.606. The molecule has 0 radical (unpaired) electrons. The maximum absolute atomic E-state index is 12.8. The summed E-state index contributed by atoms with van der Waals surface area (Å²) in [4.78, 5) is 24.0. The molecule has 10 heteroatoms. The number of ether oxygens (including phenoxy) is 2. The Morgan fingerprint density at radius 3 is 2.50 bits per heavy atom. The molecule has 3 atom stereocenters. The Labute approximate surface area is 170 Å². The number of carbonyl (C=O) groups is 2. The molecule has 0 saturated carbocycles. The van der Waals surface area contributed by atoms with E-state index in [0.717, 1.165) is 0 Å². The molecule has 1 aromatic rings. The summed E-state index contributed by atoms with van der Waals surface area (Å²) in [5.41, 5.74) is 0. The molecular weight excluding hydrogens is 408 g/mol. The van der Waals surface area contributed by atoms with Crippen LogP contribution in [0.1, 0.15) is 33.6 Å². The average Bonchev–Trinajstić information content (AvgIpc) is 3.00. The van der Waals surface area contributed by atoms with Crippen molar-refractivity contribution in [2.24, 2.45) is 5.92 Å². The van der Waals surface area contributed by atoms with Gasteiger partial charge in [0.15, 0.2) is 0 Å². The van der Waals surface area contributed by atoms with E-state index in [1.165, 1.54) is 31.2 Å². The molecular formula is C18H25ClN2O6S. The monoisotopic (exact) mass is 432 g/mol. The molecule has 0 unspecified atom stereocenters. The van der Waals surface area contributed by atoms with Crippen molar-refractivity contribution in [1.29, 1.82) is 0 Å². The fourth-order valence-corrected chi connectivity index (χ4v) is 4.15. The highest BCUT2D eigenvalue weighted by molar-refractivity contribution is 7.89. The van der Waals surface area contributed by atoms with Crippen LogP contribution in [0.4, 0.5) is 0 Å². The Hall–Kier alpha value is -1.68. The van der Waals surface area contributed by atoms with Crippen molar-refractivity contribution in [3.8, 4) is 0 Å². The third-order valence-corrected chi connectivity index (χ3v) is 5.83. The van der Waals surface area contributed by atoms with Crippen LogP contribution in [0.5, 0.6) is 0 Å². The number of hydrogen-bond donors (Lipinski definition) is 2. The van der Waals surface area contributed by atoms with Crippen molar-refractivity contribution < 1.29 is 27.5 Å². The van der Waals surface area contributed by atoms with Crippen LogP contribution in [0.15, 0.2) is 29.2 Å². The smallest absolute Gasteiger partial charge is 0.305 e. The lowest BCUT2D eigenvalue weighted by atomic mass is 10.0. The van der Waals surface area contributed by atoms with Gasteiger partial charge in [0, 0.05) is 11.9 Å². The number of halogens is 1. The molecule has 0 spiro atoms. The number of amides is 1. The van der Waals surface area contributed by atoms with Gasteiger partial charge in [0.2, 0.25) is 22.2 Å². The Kier molecular flexibility index (Phi) is 7.82. The second-order valence-corrected chi connectivity index (χ2v) is 9.16. The fraction of sp³-hybridized carbons (Fsp3) is 0.556. The van der Waals surface area contributed by atoms with Crippen LogP contribution in [0.25, 0.3) is 0 Å². The van der Waals surface area contributed by atoms with Gasteiger partial charge in [0.05, 0.1) is 17.5 Å². The highest BCUT2D eigenvalue weighted by Gasteiger charge is 2.35. The topological polar surface area (TPSA) is 111 Å².